The van der Waals surface area contributed by atoms with Gasteiger partial charge in [-0.2, -0.15) is 0 Å². The van der Waals surface area contributed by atoms with Crippen molar-refractivity contribution >= 4 is 17.9 Å². The number of allylic oxidation sites excluding steroid dienone is 3. The van der Waals surface area contributed by atoms with E-state index in [4.69, 9.17) is 18.9 Å². The Hall–Kier alpha value is -2.41. The van der Waals surface area contributed by atoms with E-state index >= 15 is 0 Å². The van der Waals surface area contributed by atoms with Crippen molar-refractivity contribution < 1.29 is 33.3 Å². The van der Waals surface area contributed by atoms with E-state index in [-0.39, 0.29) is 6.10 Å². The van der Waals surface area contributed by atoms with Gasteiger partial charge in [-0.05, 0) is 67.4 Å². The lowest BCUT2D eigenvalue weighted by molar-refractivity contribution is -0.174. The molecule has 0 saturated carbocycles. The first-order chi connectivity index (χ1) is 14.9. The van der Waals surface area contributed by atoms with E-state index in [9.17, 15) is 14.4 Å². The summed E-state index contributed by atoms with van der Waals surface area (Å²) >= 11 is 0. The summed E-state index contributed by atoms with van der Waals surface area (Å²) in [7, 11) is 0. The van der Waals surface area contributed by atoms with Gasteiger partial charge in [-0.15, -0.1) is 0 Å². The lowest BCUT2D eigenvalue weighted by Crippen LogP contribution is -2.50. The number of ether oxygens (including phenoxy) is 4. The van der Waals surface area contributed by atoms with Crippen LogP contribution in [0.25, 0.3) is 0 Å². The van der Waals surface area contributed by atoms with E-state index in [0.29, 0.717) is 17.6 Å². The van der Waals surface area contributed by atoms with E-state index < -0.39 is 47.2 Å². The first kappa shape index (κ1) is 24.2. The number of fused-ring (bicyclic) bond motifs is 2. The van der Waals surface area contributed by atoms with Crippen molar-refractivity contribution in [3.05, 3.63) is 34.9 Å². The van der Waals surface area contributed by atoms with E-state index in [0.717, 1.165) is 18.4 Å². The Labute approximate surface area is 189 Å². The van der Waals surface area contributed by atoms with Crippen LogP contribution in [-0.4, -0.2) is 47.4 Å². The zero-order valence-electron chi connectivity index (χ0n) is 20.0. The Kier molecular flexibility index (Phi) is 6.70. The minimum Gasteiger partial charge on any atom is -0.459 e. The van der Waals surface area contributed by atoms with Crippen LogP contribution in [0.5, 0.6) is 0 Å². The molecule has 2 aliphatic heterocycles. The van der Waals surface area contributed by atoms with Crippen molar-refractivity contribution in [2.24, 2.45) is 5.92 Å². The Morgan fingerprint density at radius 2 is 1.75 bits per heavy atom. The largest absolute Gasteiger partial charge is 0.459 e. The fraction of sp³-hybridized carbons (Fsp3) is 0.640. The highest BCUT2D eigenvalue weighted by Crippen LogP contribution is 2.50. The molecule has 0 bridgehead atoms. The van der Waals surface area contributed by atoms with Gasteiger partial charge in [0.15, 0.2) is 0 Å². The summed E-state index contributed by atoms with van der Waals surface area (Å²) in [6.07, 6.45) is 5.84. The quantitative estimate of drug-likeness (QED) is 0.212. The number of epoxide rings is 1. The third kappa shape index (κ3) is 4.53. The van der Waals surface area contributed by atoms with Crippen molar-refractivity contribution in [2.45, 2.75) is 97.2 Å². The number of esters is 3. The molecule has 3 aliphatic rings. The molecule has 0 amide bonds. The zero-order valence-corrected chi connectivity index (χ0v) is 20.0. The molecule has 0 aromatic carbocycles. The Bertz CT molecular complexity index is 898. The summed E-state index contributed by atoms with van der Waals surface area (Å²) in [6.45, 7) is 12.3. The molecule has 7 heteroatoms. The smallest absolute Gasteiger partial charge is 0.351 e. The van der Waals surface area contributed by atoms with E-state index in [1.54, 1.807) is 46.8 Å². The van der Waals surface area contributed by atoms with Crippen LogP contribution in [0.4, 0.5) is 0 Å². The van der Waals surface area contributed by atoms with Gasteiger partial charge in [-0.1, -0.05) is 17.7 Å². The van der Waals surface area contributed by atoms with E-state index in [1.807, 2.05) is 19.9 Å². The molecule has 32 heavy (non-hydrogen) atoms. The molecule has 2 fully saturated rings. The molecule has 0 spiro atoms. The average molecular weight is 447 g/mol. The van der Waals surface area contributed by atoms with E-state index in [1.165, 1.54) is 0 Å². The zero-order chi connectivity index (χ0) is 23.8. The molecule has 0 N–H and O–H groups in total. The summed E-state index contributed by atoms with van der Waals surface area (Å²) < 4.78 is 23.4. The topological polar surface area (TPSA) is 91.4 Å². The maximum Gasteiger partial charge on any atom is 0.351 e. The van der Waals surface area contributed by atoms with Crippen LogP contribution in [0.2, 0.25) is 0 Å². The predicted molar refractivity (Wildman–Crippen MR) is 117 cm³/mol. The summed E-state index contributed by atoms with van der Waals surface area (Å²) in [5.41, 5.74) is -0.196. The van der Waals surface area contributed by atoms with Gasteiger partial charge in [-0.25, -0.2) is 14.4 Å². The van der Waals surface area contributed by atoms with E-state index in [2.05, 4.69) is 0 Å². The monoisotopic (exact) mass is 446 g/mol. The Balaban J connectivity index is 2.06. The van der Waals surface area contributed by atoms with Crippen LogP contribution >= 0.6 is 0 Å². The molecular weight excluding hydrogens is 412 g/mol. The first-order valence-corrected chi connectivity index (χ1v) is 11.2. The van der Waals surface area contributed by atoms with Gasteiger partial charge in [0.2, 0.25) is 5.60 Å². The highest BCUT2D eigenvalue weighted by atomic mass is 16.6. The second kappa shape index (κ2) is 8.85. The molecule has 2 saturated heterocycles. The summed E-state index contributed by atoms with van der Waals surface area (Å²) in [6, 6.07) is 0. The minimum atomic E-state index is -1.61. The SMILES string of the molecule is C/C=C(/C)C(=O)O[C@H]1/C=C(\C)CC[C@H]2O[C@@]2(C)C[C@H]2OC(=O)[C@](C)(OC(=O)/C(C)=C\C)[C@@H]12. The molecule has 176 valence electrons. The van der Waals surface area contributed by atoms with Crippen molar-refractivity contribution in [3.63, 3.8) is 0 Å². The predicted octanol–water partition coefficient (Wildman–Crippen LogP) is 3.96. The second-order valence-electron chi connectivity index (χ2n) is 9.45. The van der Waals surface area contributed by atoms with Gasteiger partial charge in [0.25, 0.3) is 0 Å². The standard InChI is InChI=1S/C25H34O7/c1-8-15(4)21(26)29-17-12-14(3)10-11-19-24(6,31-19)13-18-20(17)25(7,23(28)30-18)32-22(27)16(5)9-2/h8-9,12,17-20H,10-11,13H2,1-7H3/b14-12+,15-8-,16-9-/t17-,18+,19+,20-,24-,25+/m0/s1. The van der Waals surface area contributed by atoms with Crippen molar-refractivity contribution in [1.82, 2.24) is 0 Å². The van der Waals surface area contributed by atoms with Crippen LogP contribution in [0.3, 0.4) is 0 Å². The molecule has 6 atom stereocenters. The van der Waals surface area contributed by atoms with Gasteiger partial charge in [0.05, 0.1) is 17.6 Å². The molecule has 0 aromatic rings. The third-order valence-electron chi connectivity index (χ3n) is 7.00. The van der Waals surface area contributed by atoms with Crippen molar-refractivity contribution in [2.75, 3.05) is 0 Å². The highest BCUT2D eigenvalue weighted by molar-refractivity contribution is 5.92. The van der Waals surface area contributed by atoms with Gasteiger partial charge in [0, 0.05) is 17.6 Å². The van der Waals surface area contributed by atoms with Crippen molar-refractivity contribution in [3.8, 4) is 0 Å². The Morgan fingerprint density at radius 3 is 2.38 bits per heavy atom. The fourth-order valence-electron chi connectivity index (χ4n) is 4.52. The maximum absolute atomic E-state index is 13.1. The minimum absolute atomic E-state index is 0.0780. The summed E-state index contributed by atoms with van der Waals surface area (Å²) in [5.74, 6) is -2.44. The van der Waals surface area contributed by atoms with Gasteiger partial charge in [0.1, 0.15) is 12.2 Å². The number of hydrogen-bond donors (Lipinski definition) is 0. The molecule has 3 rings (SSSR count). The van der Waals surface area contributed by atoms with Crippen LogP contribution < -0.4 is 0 Å². The number of carbonyl (C=O) groups is 3. The number of carbonyl (C=O) groups excluding carboxylic acids is 3. The molecule has 1 aliphatic carbocycles. The van der Waals surface area contributed by atoms with Crippen molar-refractivity contribution in [1.29, 1.82) is 0 Å². The fourth-order valence-corrected chi connectivity index (χ4v) is 4.52. The molecular formula is C25H34O7. The molecule has 0 radical (unpaired) electrons. The third-order valence-corrected chi connectivity index (χ3v) is 7.00. The normalized spacial score (nSPS) is 39.1. The summed E-state index contributed by atoms with van der Waals surface area (Å²) in [4.78, 5) is 38.5. The lowest BCUT2D eigenvalue weighted by Gasteiger charge is -2.34. The maximum atomic E-state index is 13.1. The number of hydrogen-bond acceptors (Lipinski definition) is 7. The molecule has 2 heterocycles. The molecule has 0 aromatic heterocycles. The van der Waals surface area contributed by atoms with Crippen LogP contribution in [-0.2, 0) is 33.3 Å². The molecule has 0 unspecified atom stereocenters. The van der Waals surface area contributed by atoms with Gasteiger partial charge in [-0.3, -0.25) is 0 Å². The van der Waals surface area contributed by atoms with Crippen LogP contribution in [0.1, 0.15) is 67.7 Å². The van der Waals surface area contributed by atoms with Crippen LogP contribution in [0.15, 0.2) is 34.9 Å². The van der Waals surface area contributed by atoms with Gasteiger partial charge >= 0.3 is 17.9 Å². The molecule has 7 nitrogen and oxygen atoms in total. The highest BCUT2D eigenvalue weighted by Gasteiger charge is 2.64. The number of rotatable bonds is 4. The first-order valence-electron chi connectivity index (χ1n) is 11.2. The summed E-state index contributed by atoms with van der Waals surface area (Å²) in [5, 5.41) is 0. The van der Waals surface area contributed by atoms with Gasteiger partial charge < -0.3 is 18.9 Å². The second-order valence-corrected chi connectivity index (χ2v) is 9.45. The Morgan fingerprint density at radius 1 is 1.12 bits per heavy atom. The van der Waals surface area contributed by atoms with Crippen LogP contribution in [0, 0.1) is 5.92 Å². The lowest BCUT2D eigenvalue weighted by atomic mass is 9.77. The average Bonchev–Trinajstić information content (AvgIpc) is 3.31.